The molecule has 1 aliphatic rings. The third-order valence-corrected chi connectivity index (χ3v) is 3.93. The van der Waals surface area contributed by atoms with Crippen molar-refractivity contribution in [3.05, 3.63) is 54.6 Å². The number of hydrogen-bond acceptors (Lipinski definition) is 2. The van der Waals surface area contributed by atoms with Gasteiger partial charge in [0.05, 0.1) is 0 Å². The first-order chi connectivity index (χ1) is 10.3. The summed E-state index contributed by atoms with van der Waals surface area (Å²) in [4.78, 5) is 4.68. The lowest BCUT2D eigenvalue weighted by molar-refractivity contribution is 0.197. The van der Waals surface area contributed by atoms with Crippen molar-refractivity contribution in [1.82, 2.24) is 15.1 Å². The third-order valence-electron chi connectivity index (χ3n) is 3.53. The van der Waals surface area contributed by atoms with Crippen molar-refractivity contribution in [2.75, 3.05) is 39.3 Å². The fraction of sp³-hybridized carbons (Fsp3) is 0.353. The van der Waals surface area contributed by atoms with Gasteiger partial charge >= 0.3 is 0 Å². The van der Waals surface area contributed by atoms with Gasteiger partial charge in [-0.25, -0.2) is 0 Å². The van der Waals surface area contributed by atoms with Crippen LogP contribution in [0.25, 0.3) is 6.08 Å². The lowest BCUT2D eigenvalue weighted by Gasteiger charge is -2.35. The highest BCUT2D eigenvalue weighted by Crippen LogP contribution is 2.04. The van der Waals surface area contributed by atoms with Crippen LogP contribution in [-0.4, -0.2) is 54.2 Å². The van der Waals surface area contributed by atoms with E-state index in [4.69, 9.17) is 12.2 Å². The monoisotopic (exact) mass is 301 g/mol. The molecule has 0 aromatic heterocycles. The second-order valence-electron chi connectivity index (χ2n) is 5.08. The molecule has 1 saturated heterocycles. The predicted molar refractivity (Wildman–Crippen MR) is 94.3 cm³/mol. The van der Waals surface area contributed by atoms with Crippen molar-refractivity contribution in [2.24, 2.45) is 0 Å². The molecule has 1 heterocycles. The molecule has 1 fully saturated rings. The highest BCUT2D eigenvalue weighted by Gasteiger charge is 2.17. The predicted octanol–water partition coefficient (Wildman–Crippen LogP) is 2.38. The van der Waals surface area contributed by atoms with Crippen molar-refractivity contribution in [3.8, 4) is 0 Å². The Morgan fingerprint density at radius 2 is 1.90 bits per heavy atom. The zero-order chi connectivity index (χ0) is 14.9. The first-order valence-electron chi connectivity index (χ1n) is 7.37. The van der Waals surface area contributed by atoms with E-state index < -0.39 is 0 Å². The molecule has 21 heavy (non-hydrogen) atoms. The van der Waals surface area contributed by atoms with Crippen molar-refractivity contribution in [2.45, 2.75) is 0 Å². The van der Waals surface area contributed by atoms with E-state index in [0.717, 1.165) is 44.4 Å². The van der Waals surface area contributed by atoms with Crippen LogP contribution in [0.5, 0.6) is 0 Å². The van der Waals surface area contributed by atoms with E-state index in [0.29, 0.717) is 0 Å². The van der Waals surface area contributed by atoms with Crippen LogP contribution in [0.2, 0.25) is 0 Å². The Hall–Kier alpha value is -1.65. The van der Waals surface area contributed by atoms with E-state index in [-0.39, 0.29) is 0 Å². The minimum absolute atomic E-state index is 0.735. The maximum absolute atomic E-state index is 5.36. The smallest absolute Gasteiger partial charge is 0.169 e. The van der Waals surface area contributed by atoms with Gasteiger partial charge in [0, 0.05) is 39.3 Å². The van der Waals surface area contributed by atoms with E-state index >= 15 is 0 Å². The SMILES string of the molecule is C=CCNC(=S)N1CCN(C/C=C/c2ccccc2)CC1. The zero-order valence-corrected chi connectivity index (χ0v) is 13.2. The summed E-state index contributed by atoms with van der Waals surface area (Å²) in [6, 6.07) is 10.4. The number of nitrogens with zero attached hydrogens (tertiary/aromatic N) is 2. The van der Waals surface area contributed by atoms with Gasteiger partial charge in [-0.15, -0.1) is 6.58 Å². The summed E-state index contributed by atoms with van der Waals surface area (Å²) in [6.07, 6.45) is 6.25. The van der Waals surface area contributed by atoms with Crippen molar-refractivity contribution in [1.29, 1.82) is 0 Å². The minimum atomic E-state index is 0.735. The van der Waals surface area contributed by atoms with Crippen LogP contribution in [0.4, 0.5) is 0 Å². The van der Waals surface area contributed by atoms with E-state index in [9.17, 15) is 0 Å². The molecule has 112 valence electrons. The standard InChI is InChI=1S/C17H23N3S/c1-2-10-18-17(21)20-14-12-19(13-15-20)11-6-9-16-7-4-3-5-8-16/h2-9H,1,10-15H2,(H,18,21)/b9-6+. The third kappa shape index (κ3) is 5.33. The van der Waals surface area contributed by atoms with Gasteiger partial charge in [-0.1, -0.05) is 48.6 Å². The Morgan fingerprint density at radius 3 is 2.57 bits per heavy atom. The number of hydrogen-bond donors (Lipinski definition) is 1. The Balaban J connectivity index is 1.70. The quantitative estimate of drug-likeness (QED) is 0.664. The van der Waals surface area contributed by atoms with E-state index in [2.05, 4.69) is 58.1 Å². The maximum atomic E-state index is 5.36. The van der Waals surface area contributed by atoms with Gasteiger partial charge in [0.15, 0.2) is 5.11 Å². The summed E-state index contributed by atoms with van der Waals surface area (Å²) >= 11 is 5.36. The second kappa shape index (κ2) is 8.60. The van der Waals surface area contributed by atoms with Crippen LogP contribution in [0.15, 0.2) is 49.1 Å². The molecule has 1 aromatic rings. The van der Waals surface area contributed by atoms with Gasteiger partial charge in [-0.3, -0.25) is 4.90 Å². The molecule has 0 bridgehead atoms. The summed E-state index contributed by atoms with van der Waals surface area (Å²) in [6.45, 7) is 9.50. The number of nitrogens with one attached hydrogen (secondary N) is 1. The molecule has 3 nitrogen and oxygen atoms in total. The van der Waals surface area contributed by atoms with Gasteiger partial charge in [0.25, 0.3) is 0 Å². The lowest BCUT2D eigenvalue weighted by atomic mass is 10.2. The van der Waals surface area contributed by atoms with Gasteiger partial charge in [-0.05, 0) is 17.8 Å². The van der Waals surface area contributed by atoms with Gasteiger partial charge < -0.3 is 10.2 Å². The zero-order valence-electron chi connectivity index (χ0n) is 12.4. The molecule has 0 aliphatic carbocycles. The normalized spacial score (nSPS) is 16.1. The molecule has 1 aliphatic heterocycles. The topological polar surface area (TPSA) is 18.5 Å². The largest absolute Gasteiger partial charge is 0.359 e. The number of benzene rings is 1. The molecule has 1 N–H and O–H groups in total. The van der Waals surface area contributed by atoms with E-state index in [1.54, 1.807) is 0 Å². The van der Waals surface area contributed by atoms with E-state index in [1.165, 1.54) is 5.56 Å². The highest BCUT2D eigenvalue weighted by molar-refractivity contribution is 7.80. The first kappa shape index (κ1) is 15.7. The maximum Gasteiger partial charge on any atom is 0.169 e. The summed E-state index contributed by atoms with van der Waals surface area (Å²) < 4.78 is 0. The first-order valence-corrected chi connectivity index (χ1v) is 7.78. The molecule has 0 amide bonds. The molecule has 1 aromatic carbocycles. The van der Waals surface area contributed by atoms with Gasteiger partial charge in [0.2, 0.25) is 0 Å². The Kier molecular flexibility index (Phi) is 6.44. The van der Waals surface area contributed by atoms with Crippen molar-refractivity contribution < 1.29 is 0 Å². The molecule has 0 spiro atoms. The summed E-state index contributed by atoms with van der Waals surface area (Å²) in [5, 5.41) is 4.03. The van der Waals surface area contributed by atoms with Crippen LogP contribution < -0.4 is 5.32 Å². The van der Waals surface area contributed by atoms with Crippen LogP contribution in [0, 0.1) is 0 Å². The molecular weight excluding hydrogens is 278 g/mol. The second-order valence-corrected chi connectivity index (χ2v) is 5.46. The Morgan fingerprint density at radius 1 is 1.19 bits per heavy atom. The summed E-state index contributed by atoms with van der Waals surface area (Å²) in [5.41, 5.74) is 1.26. The molecule has 2 rings (SSSR count). The minimum Gasteiger partial charge on any atom is -0.359 e. The molecule has 0 atom stereocenters. The van der Waals surface area contributed by atoms with Gasteiger partial charge in [-0.2, -0.15) is 0 Å². The Bertz CT molecular complexity index is 476. The van der Waals surface area contributed by atoms with Crippen LogP contribution in [0.3, 0.4) is 0 Å². The number of thiocarbonyl (C=S) groups is 1. The molecule has 0 saturated carbocycles. The van der Waals surface area contributed by atoms with E-state index in [1.807, 2.05) is 12.1 Å². The van der Waals surface area contributed by atoms with Gasteiger partial charge in [0.1, 0.15) is 0 Å². The molecular formula is C17H23N3S. The summed E-state index contributed by atoms with van der Waals surface area (Å²) in [5.74, 6) is 0. The average Bonchev–Trinajstić information content (AvgIpc) is 2.54. The Labute approximate surface area is 132 Å². The molecule has 0 radical (unpaired) electrons. The number of rotatable bonds is 5. The molecule has 4 heteroatoms. The van der Waals surface area contributed by atoms with Crippen LogP contribution in [-0.2, 0) is 0 Å². The fourth-order valence-electron chi connectivity index (χ4n) is 2.31. The lowest BCUT2D eigenvalue weighted by Crippen LogP contribution is -2.51. The fourth-order valence-corrected chi connectivity index (χ4v) is 2.57. The van der Waals surface area contributed by atoms with Crippen LogP contribution >= 0.6 is 12.2 Å². The number of piperazine rings is 1. The van der Waals surface area contributed by atoms with Crippen LogP contribution in [0.1, 0.15) is 5.56 Å². The van der Waals surface area contributed by atoms with Crippen molar-refractivity contribution in [3.63, 3.8) is 0 Å². The average molecular weight is 301 g/mol. The summed E-state index contributed by atoms with van der Waals surface area (Å²) in [7, 11) is 0. The van der Waals surface area contributed by atoms with Crippen molar-refractivity contribution >= 4 is 23.4 Å². The molecule has 0 unspecified atom stereocenters. The highest BCUT2D eigenvalue weighted by atomic mass is 32.1.